The van der Waals surface area contributed by atoms with E-state index in [2.05, 4.69) is 4.98 Å². The number of hydrogen-bond acceptors (Lipinski definition) is 7. The van der Waals surface area contributed by atoms with Crippen LogP contribution in [0.4, 0.5) is 5.69 Å². The Balaban J connectivity index is 1.67. The molecule has 3 aromatic rings. The monoisotopic (exact) mass is 549 g/mol. The molecule has 0 aliphatic carbocycles. The van der Waals surface area contributed by atoms with Crippen LogP contribution in [0, 0.1) is 0 Å². The molecule has 0 radical (unpaired) electrons. The Kier molecular flexibility index (Phi) is 7.45. The third kappa shape index (κ3) is 5.73. The fraction of sp³-hybridized carbons (Fsp3) is 0.320. The molecule has 1 saturated heterocycles. The molecule has 192 valence electrons. The summed E-state index contributed by atoms with van der Waals surface area (Å²) in [4.78, 5) is 5.98. The summed E-state index contributed by atoms with van der Waals surface area (Å²) in [6.45, 7) is 3.81. The van der Waals surface area contributed by atoms with Crippen molar-refractivity contribution in [1.29, 1.82) is 0 Å². The van der Waals surface area contributed by atoms with Crippen molar-refractivity contribution in [2.45, 2.75) is 35.3 Å². The number of halogens is 1. The van der Waals surface area contributed by atoms with Crippen LogP contribution >= 0.6 is 11.6 Å². The first-order valence-electron chi connectivity index (χ1n) is 11.4. The Hall–Kier alpha value is -2.50. The van der Waals surface area contributed by atoms with Crippen LogP contribution in [0.25, 0.3) is 0 Å². The first kappa shape index (κ1) is 26.6. The molecule has 1 N–H and O–H groups in total. The maximum Gasteiger partial charge on any atom is 0.244 e. The number of sulfone groups is 1. The number of anilines is 1. The van der Waals surface area contributed by atoms with Crippen molar-refractivity contribution in [1.82, 2.24) is 9.29 Å². The third-order valence-corrected chi connectivity index (χ3v) is 10.1. The third-order valence-electron chi connectivity index (χ3n) is 6.20. The van der Waals surface area contributed by atoms with Crippen LogP contribution in [0.5, 0.6) is 0 Å². The Morgan fingerprint density at radius 1 is 0.944 bits per heavy atom. The zero-order chi connectivity index (χ0) is 26.1. The number of aliphatic hydroxyl groups is 1. The number of pyridine rings is 1. The van der Waals surface area contributed by atoms with Crippen molar-refractivity contribution in [2.24, 2.45) is 0 Å². The topological polar surface area (TPSA) is 108 Å². The highest BCUT2D eigenvalue weighted by Gasteiger charge is 2.37. The Morgan fingerprint density at radius 2 is 1.61 bits per heavy atom. The maximum atomic E-state index is 13.3. The largest absolute Gasteiger partial charge is 0.386 e. The van der Waals surface area contributed by atoms with Gasteiger partial charge in [-0.05, 0) is 55.8 Å². The van der Waals surface area contributed by atoms with E-state index in [9.17, 15) is 21.9 Å². The summed E-state index contributed by atoms with van der Waals surface area (Å²) in [5.41, 5.74) is 0.450. The van der Waals surface area contributed by atoms with Gasteiger partial charge in [0, 0.05) is 31.5 Å². The van der Waals surface area contributed by atoms with Gasteiger partial charge in [0.1, 0.15) is 10.0 Å². The van der Waals surface area contributed by atoms with Gasteiger partial charge in [-0.25, -0.2) is 21.8 Å². The van der Waals surface area contributed by atoms with Crippen LogP contribution in [-0.2, 0) is 25.5 Å². The van der Waals surface area contributed by atoms with Crippen molar-refractivity contribution in [3.05, 3.63) is 83.6 Å². The average molecular weight is 550 g/mol. The molecule has 1 atom stereocenters. The summed E-state index contributed by atoms with van der Waals surface area (Å²) in [5.74, 6) is -0.269. The number of benzene rings is 2. The first-order valence-corrected chi connectivity index (χ1v) is 14.8. The van der Waals surface area contributed by atoms with E-state index in [1.807, 2.05) is 17.0 Å². The lowest BCUT2D eigenvalue weighted by atomic mass is 9.98. The summed E-state index contributed by atoms with van der Waals surface area (Å²) in [6, 6.07) is 17.5. The predicted molar refractivity (Wildman–Crippen MR) is 139 cm³/mol. The quantitative estimate of drug-likeness (QED) is 0.450. The van der Waals surface area contributed by atoms with E-state index < -0.39 is 31.5 Å². The van der Waals surface area contributed by atoms with Crippen LogP contribution in [0.2, 0.25) is 5.15 Å². The maximum absolute atomic E-state index is 13.3. The molecule has 2 heterocycles. The zero-order valence-corrected chi connectivity index (χ0v) is 22.3. The molecule has 1 fully saturated rings. The molecule has 11 heteroatoms. The Bertz CT molecular complexity index is 1410. The fourth-order valence-electron chi connectivity index (χ4n) is 4.23. The van der Waals surface area contributed by atoms with E-state index in [0.29, 0.717) is 0 Å². The SMILES string of the molecule is CC(C)(O)c1ccc(N2CCN(S(=O)(=O)c3ccc(Cl)nc3)C[C@@H]2CS(=O)(=O)c2ccccc2)cc1. The smallest absolute Gasteiger partial charge is 0.244 e. The van der Waals surface area contributed by atoms with Gasteiger partial charge < -0.3 is 10.0 Å². The fourth-order valence-corrected chi connectivity index (χ4v) is 7.31. The van der Waals surface area contributed by atoms with Crippen molar-refractivity contribution in [3.63, 3.8) is 0 Å². The van der Waals surface area contributed by atoms with E-state index in [4.69, 9.17) is 11.6 Å². The highest BCUT2D eigenvalue weighted by molar-refractivity contribution is 7.91. The van der Waals surface area contributed by atoms with Crippen LogP contribution < -0.4 is 4.90 Å². The average Bonchev–Trinajstić information content (AvgIpc) is 2.84. The van der Waals surface area contributed by atoms with Gasteiger partial charge in [-0.15, -0.1) is 0 Å². The second-order valence-corrected chi connectivity index (χ2v) is 13.6. The van der Waals surface area contributed by atoms with Gasteiger partial charge in [0.25, 0.3) is 0 Å². The molecule has 0 spiro atoms. The van der Waals surface area contributed by atoms with Crippen molar-refractivity contribution in [2.75, 3.05) is 30.3 Å². The van der Waals surface area contributed by atoms with Crippen molar-refractivity contribution >= 4 is 37.1 Å². The Morgan fingerprint density at radius 3 is 2.19 bits per heavy atom. The van der Waals surface area contributed by atoms with Gasteiger partial charge in [-0.1, -0.05) is 41.9 Å². The number of rotatable bonds is 7. The minimum absolute atomic E-state index is 0.000420. The predicted octanol–water partition coefficient (Wildman–Crippen LogP) is 3.32. The van der Waals surface area contributed by atoms with Crippen molar-refractivity contribution < 1.29 is 21.9 Å². The summed E-state index contributed by atoms with van der Waals surface area (Å²) in [5, 5.41) is 10.5. The van der Waals surface area contributed by atoms with E-state index in [1.54, 1.807) is 44.2 Å². The van der Waals surface area contributed by atoms with Crippen LogP contribution in [0.3, 0.4) is 0 Å². The zero-order valence-electron chi connectivity index (χ0n) is 20.0. The number of nitrogens with zero attached hydrogens (tertiary/aromatic N) is 3. The molecule has 1 aliphatic heterocycles. The first-order chi connectivity index (χ1) is 16.9. The highest BCUT2D eigenvalue weighted by Crippen LogP contribution is 2.29. The van der Waals surface area contributed by atoms with E-state index >= 15 is 0 Å². The summed E-state index contributed by atoms with van der Waals surface area (Å²) in [7, 11) is -7.61. The number of piperazine rings is 1. The molecule has 1 aromatic heterocycles. The van der Waals surface area contributed by atoms with Gasteiger partial charge in [0.15, 0.2) is 9.84 Å². The normalized spacial score (nSPS) is 17.8. The van der Waals surface area contributed by atoms with Gasteiger partial charge >= 0.3 is 0 Å². The van der Waals surface area contributed by atoms with Gasteiger partial charge in [0.2, 0.25) is 10.0 Å². The van der Waals surface area contributed by atoms with Crippen molar-refractivity contribution in [3.8, 4) is 0 Å². The van der Waals surface area contributed by atoms with Gasteiger partial charge in [-0.3, -0.25) is 0 Å². The minimum Gasteiger partial charge on any atom is -0.386 e. The van der Waals surface area contributed by atoms with Crippen LogP contribution in [0.15, 0.2) is 82.7 Å². The standard InChI is InChI=1S/C25H28ClN3O5S2/c1-25(2,30)19-8-10-20(11-9-19)29-15-14-28(36(33,34)23-12-13-24(26)27-16-23)17-21(29)18-35(31,32)22-6-4-3-5-7-22/h3-13,16,21,30H,14-15,17-18H2,1-2H3/t21-/m1/s1. The lowest BCUT2D eigenvalue weighted by Gasteiger charge is -2.42. The molecular weight excluding hydrogens is 522 g/mol. The molecule has 0 unspecified atom stereocenters. The van der Waals surface area contributed by atoms with E-state index in [0.717, 1.165) is 11.3 Å². The lowest BCUT2D eigenvalue weighted by molar-refractivity contribution is 0.0786. The highest BCUT2D eigenvalue weighted by atomic mass is 35.5. The molecule has 1 aliphatic rings. The van der Waals surface area contributed by atoms with Gasteiger partial charge in [-0.2, -0.15) is 4.31 Å². The van der Waals surface area contributed by atoms with Gasteiger partial charge in [0.05, 0.1) is 22.3 Å². The minimum atomic E-state index is -3.91. The summed E-state index contributed by atoms with van der Waals surface area (Å²) >= 11 is 5.82. The Labute approximate surface area is 217 Å². The molecule has 0 bridgehead atoms. The number of aromatic nitrogens is 1. The molecule has 8 nitrogen and oxygen atoms in total. The van der Waals surface area contributed by atoms with Crippen LogP contribution in [0.1, 0.15) is 19.4 Å². The second kappa shape index (κ2) is 10.1. The summed E-state index contributed by atoms with van der Waals surface area (Å²) in [6.07, 6.45) is 1.20. The number of hydrogen-bond donors (Lipinski definition) is 1. The second-order valence-electron chi connectivity index (χ2n) is 9.23. The summed E-state index contributed by atoms with van der Waals surface area (Å²) < 4.78 is 54.5. The molecular formula is C25H28ClN3O5S2. The molecule has 2 aromatic carbocycles. The molecule has 0 saturated carbocycles. The molecule has 0 amide bonds. The van der Waals surface area contributed by atoms with E-state index in [-0.39, 0.29) is 40.3 Å². The molecule has 4 rings (SSSR count). The number of sulfonamides is 1. The lowest BCUT2D eigenvalue weighted by Crippen LogP contribution is -2.57. The van der Waals surface area contributed by atoms with E-state index in [1.165, 1.54) is 34.8 Å². The van der Waals surface area contributed by atoms with Crippen LogP contribution in [-0.4, -0.2) is 62.7 Å². The molecule has 36 heavy (non-hydrogen) atoms.